The van der Waals surface area contributed by atoms with Gasteiger partial charge in [0.15, 0.2) is 0 Å². The van der Waals surface area contributed by atoms with Crippen molar-refractivity contribution in [1.29, 1.82) is 0 Å². The van der Waals surface area contributed by atoms with Gasteiger partial charge in [-0.3, -0.25) is 0 Å². The molecular formula is C8H15BrO. The van der Waals surface area contributed by atoms with Gasteiger partial charge in [-0.25, -0.2) is 0 Å². The molecule has 1 saturated carbocycles. The van der Waals surface area contributed by atoms with Crippen molar-refractivity contribution >= 4 is 15.9 Å². The number of methoxy groups -OCH3 is 1. The third-order valence-corrected chi connectivity index (χ3v) is 2.83. The van der Waals surface area contributed by atoms with Gasteiger partial charge in [0.25, 0.3) is 0 Å². The largest absolute Gasteiger partial charge is 0.381 e. The Morgan fingerprint density at radius 1 is 1.50 bits per heavy atom. The lowest BCUT2D eigenvalue weighted by Gasteiger charge is -2.16. The van der Waals surface area contributed by atoms with Crippen LogP contribution in [0.2, 0.25) is 0 Å². The summed E-state index contributed by atoms with van der Waals surface area (Å²) in [6, 6.07) is 0. The van der Waals surface area contributed by atoms with E-state index in [2.05, 4.69) is 15.9 Å². The summed E-state index contributed by atoms with van der Waals surface area (Å²) in [4.78, 5) is 0. The number of halogens is 1. The molecule has 1 aliphatic carbocycles. The van der Waals surface area contributed by atoms with Crippen LogP contribution in [0.5, 0.6) is 0 Å². The van der Waals surface area contributed by atoms with Gasteiger partial charge in [-0.05, 0) is 25.2 Å². The quantitative estimate of drug-likeness (QED) is 0.646. The molecule has 0 aromatic rings. The van der Waals surface area contributed by atoms with E-state index in [4.69, 9.17) is 4.74 Å². The topological polar surface area (TPSA) is 9.23 Å². The van der Waals surface area contributed by atoms with Crippen LogP contribution in [0.4, 0.5) is 0 Å². The van der Waals surface area contributed by atoms with Gasteiger partial charge in [-0.2, -0.15) is 0 Å². The number of alkyl halides is 1. The van der Waals surface area contributed by atoms with Gasteiger partial charge in [-0.15, -0.1) is 0 Å². The van der Waals surface area contributed by atoms with Gasteiger partial charge in [-0.1, -0.05) is 22.4 Å². The lowest BCUT2D eigenvalue weighted by molar-refractivity contribution is 0.0704. The van der Waals surface area contributed by atoms with Crippen LogP contribution >= 0.6 is 15.9 Å². The molecule has 0 spiro atoms. The molecule has 0 aliphatic heterocycles. The average molecular weight is 207 g/mol. The first-order valence-corrected chi connectivity index (χ1v) is 5.09. The van der Waals surface area contributed by atoms with Crippen molar-refractivity contribution in [2.75, 3.05) is 12.4 Å². The molecule has 0 bridgehead atoms. The predicted octanol–water partition coefficient (Wildman–Crippen LogP) is 2.59. The molecule has 2 heteroatoms. The summed E-state index contributed by atoms with van der Waals surface area (Å²) in [7, 11) is 1.83. The average Bonchev–Trinajstić information content (AvgIpc) is 2.36. The molecule has 0 radical (unpaired) electrons. The summed E-state index contributed by atoms with van der Waals surface area (Å²) < 4.78 is 5.36. The van der Waals surface area contributed by atoms with E-state index >= 15 is 0 Å². The van der Waals surface area contributed by atoms with E-state index in [-0.39, 0.29) is 0 Å². The zero-order valence-electron chi connectivity index (χ0n) is 6.48. The Bertz CT molecular complexity index is 95.3. The molecule has 0 aromatic heterocycles. The molecular weight excluding hydrogens is 192 g/mol. The van der Waals surface area contributed by atoms with Crippen LogP contribution in [-0.4, -0.2) is 18.5 Å². The second-order valence-electron chi connectivity index (χ2n) is 2.94. The molecule has 1 rings (SSSR count). The maximum Gasteiger partial charge on any atom is 0.0599 e. The first-order chi connectivity index (χ1) is 4.88. The Kier molecular flexibility index (Phi) is 3.71. The Balaban J connectivity index is 2.27. The lowest BCUT2D eigenvalue weighted by Crippen LogP contribution is -2.16. The number of hydrogen-bond acceptors (Lipinski definition) is 1. The first kappa shape index (κ1) is 8.54. The van der Waals surface area contributed by atoms with Crippen LogP contribution in [0.3, 0.4) is 0 Å². The molecule has 60 valence electrons. The highest BCUT2D eigenvalue weighted by Crippen LogP contribution is 2.30. The van der Waals surface area contributed by atoms with E-state index in [0.717, 1.165) is 11.2 Å². The minimum absolute atomic E-state index is 0.553. The van der Waals surface area contributed by atoms with E-state index in [1.54, 1.807) is 0 Å². The summed E-state index contributed by atoms with van der Waals surface area (Å²) in [5.74, 6) is 0.823. The summed E-state index contributed by atoms with van der Waals surface area (Å²) in [5.41, 5.74) is 0. The molecule has 0 N–H and O–H groups in total. The van der Waals surface area contributed by atoms with Crippen LogP contribution in [0.15, 0.2) is 0 Å². The van der Waals surface area contributed by atoms with Crippen molar-refractivity contribution in [3.05, 3.63) is 0 Å². The van der Waals surface area contributed by atoms with Crippen molar-refractivity contribution in [1.82, 2.24) is 0 Å². The third-order valence-electron chi connectivity index (χ3n) is 2.37. The van der Waals surface area contributed by atoms with Gasteiger partial charge in [0.2, 0.25) is 0 Å². The third kappa shape index (κ3) is 1.96. The Morgan fingerprint density at radius 2 is 2.30 bits per heavy atom. The maximum absolute atomic E-state index is 5.36. The van der Waals surface area contributed by atoms with Gasteiger partial charge in [0.1, 0.15) is 0 Å². The second kappa shape index (κ2) is 4.35. The zero-order valence-corrected chi connectivity index (χ0v) is 8.06. The van der Waals surface area contributed by atoms with Gasteiger partial charge < -0.3 is 4.74 Å². The molecule has 2 atom stereocenters. The van der Waals surface area contributed by atoms with Crippen molar-refractivity contribution in [2.45, 2.75) is 31.8 Å². The minimum Gasteiger partial charge on any atom is -0.381 e. The highest BCUT2D eigenvalue weighted by molar-refractivity contribution is 9.09. The lowest BCUT2D eigenvalue weighted by atomic mass is 10.0. The Labute approximate surface area is 71.3 Å². The second-order valence-corrected chi connectivity index (χ2v) is 3.74. The molecule has 0 saturated heterocycles. The Morgan fingerprint density at radius 3 is 2.90 bits per heavy atom. The fraction of sp³-hybridized carbons (Fsp3) is 1.00. The molecule has 0 aromatic carbocycles. The predicted molar refractivity (Wildman–Crippen MR) is 46.5 cm³/mol. The molecule has 1 nitrogen and oxygen atoms in total. The highest BCUT2D eigenvalue weighted by Gasteiger charge is 2.25. The van der Waals surface area contributed by atoms with Gasteiger partial charge in [0.05, 0.1) is 6.10 Å². The molecule has 2 unspecified atom stereocenters. The van der Waals surface area contributed by atoms with Crippen molar-refractivity contribution in [2.24, 2.45) is 5.92 Å². The van der Waals surface area contributed by atoms with E-state index in [9.17, 15) is 0 Å². The number of rotatable bonds is 3. The molecule has 0 heterocycles. The summed E-state index contributed by atoms with van der Waals surface area (Å²) in [6.45, 7) is 0. The van der Waals surface area contributed by atoms with Crippen molar-refractivity contribution in [3.63, 3.8) is 0 Å². The standard InChI is InChI=1S/C8H15BrO/c1-10-8-4-2-3-7(8)5-6-9/h7-8H,2-6H2,1H3. The van der Waals surface area contributed by atoms with Crippen LogP contribution in [0.25, 0.3) is 0 Å². The zero-order chi connectivity index (χ0) is 7.40. The first-order valence-electron chi connectivity index (χ1n) is 3.97. The summed E-state index contributed by atoms with van der Waals surface area (Å²) in [5, 5.41) is 1.12. The smallest absolute Gasteiger partial charge is 0.0599 e. The van der Waals surface area contributed by atoms with Gasteiger partial charge in [0, 0.05) is 12.4 Å². The molecule has 1 aliphatic rings. The van der Waals surface area contributed by atoms with Gasteiger partial charge >= 0.3 is 0 Å². The van der Waals surface area contributed by atoms with E-state index in [1.807, 2.05) is 7.11 Å². The Hall–Kier alpha value is 0.440. The molecule has 1 fully saturated rings. The molecule has 10 heavy (non-hydrogen) atoms. The van der Waals surface area contributed by atoms with Crippen LogP contribution in [0, 0.1) is 5.92 Å². The number of hydrogen-bond donors (Lipinski definition) is 0. The molecule has 0 amide bonds. The van der Waals surface area contributed by atoms with E-state index in [0.29, 0.717) is 6.10 Å². The summed E-state index contributed by atoms with van der Waals surface area (Å²) >= 11 is 3.46. The van der Waals surface area contributed by atoms with E-state index in [1.165, 1.54) is 25.7 Å². The minimum atomic E-state index is 0.553. The maximum atomic E-state index is 5.36. The monoisotopic (exact) mass is 206 g/mol. The van der Waals surface area contributed by atoms with Crippen molar-refractivity contribution < 1.29 is 4.74 Å². The SMILES string of the molecule is COC1CCCC1CCBr. The van der Waals surface area contributed by atoms with E-state index < -0.39 is 0 Å². The number of ether oxygens (including phenoxy) is 1. The fourth-order valence-electron chi connectivity index (χ4n) is 1.78. The summed E-state index contributed by atoms with van der Waals surface area (Å²) in [6.07, 6.45) is 5.82. The normalized spacial score (nSPS) is 33.0. The van der Waals surface area contributed by atoms with Crippen molar-refractivity contribution in [3.8, 4) is 0 Å². The fourth-order valence-corrected chi connectivity index (χ4v) is 2.37. The van der Waals surface area contributed by atoms with Crippen LogP contribution in [-0.2, 0) is 4.74 Å². The van der Waals surface area contributed by atoms with Crippen LogP contribution in [0.1, 0.15) is 25.7 Å². The highest BCUT2D eigenvalue weighted by atomic mass is 79.9. The van der Waals surface area contributed by atoms with Crippen LogP contribution < -0.4 is 0 Å².